The van der Waals surface area contributed by atoms with Crippen LogP contribution in [0.15, 0.2) is 18.3 Å². The van der Waals surface area contributed by atoms with Gasteiger partial charge in [0.05, 0.1) is 0 Å². The van der Waals surface area contributed by atoms with E-state index in [1.165, 1.54) is 44.3 Å². The monoisotopic (exact) mass is 204 g/mol. The fourth-order valence-corrected chi connectivity index (χ4v) is 2.16. The van der Waals surface area contributed by atoms with Gasteiger partial charge in [0.25, 0.3) is 0 Å². The van der Waals surface area contributed by atoms with Crippen molar-refractivity contribution in [1.82, 2.24) is 4.98 Å². The molecule has 0 bridgehead atoms. The summed E-state index contributed by atoms with van der Waals surface area (Å²) in [6, 6.07) is 4.40. The second-order valence-electron chi connectivity index (χ2n) is 4.32. The smallest absolute Gasteiger partial charge is 0.128 e. The highest BCUT2D eigenvalue weighted by molar-refractivity contribution is 5.39. The summed E-state index contributed by atoms with van der Waals surface area (Å²) in [6.45, 7) is 4.57. The molecule has 0 atom stereocenters. The summed E-state index contributed by atoms with van der Waals surface area (Å²) in [5.41, 5.74) is 1.36. The molecule has 1 saturated heterocycles. The molecular weight excluding hydrogens is 184 g/mol. The van der Waals surface area contributed by atoms with Crippen molar-refractivity contribution >= 4 is 5.82 Å². The lowest BCUT2D eigenvalue weighted by Crippen LogP contribution is -2.30. The minimum absolute atomic E-state index is 1.15. The molecule has 15 heavy (non-hydrogen) atoms. The Balaban J connectivity index is 2.02. The summed E-state index contributed by atoms with van der Waals surface area (Å²) >= 11 is 0. The molecular formula is C13H20N2. The van der Waals surface area contributed by atoms with E-state index in [4.69, 9.17) is 0 Å². The second kappa shape index (κ2) is 5.15. The first-order valence-corrected chi connectivity index (χ1v) is 6.10. The van der Waals surface area contributed by atoms with E-state index in [9.17, 15) is 0 Å². The van der Waals surface area contributed by atoms with Gasteiger partial charge in [-0.25, -0.2) is 4.98 Å². The third-order valence-corrected chi connectivity index (χ3v) is 3.03. The standard InChI is InChI=1S/C13H20N2/c1-2-6-12-7-8-13(14-11-12)15-9-4-3-5-10-15/h7-8,11H,2-6,9-10H2,1H3. The van der Waals surface area contributed by atoms with Gasteiger partial charge in [-0.05, 0) is 37.3 Å². The predicted molar refractivity (Wildman–Crippen MR) is 64.3 cm³/mol. The van der Waals surface area contributed by atoms with Gasteiger partial charge in [-0.3, -0.25) is 0 Å². The van der Waals surface area contributed by atoms with Gasteiger partial charge in [0.2, 0.25) is 0 Å². The van der Waals surface area contributed by atoms with E-state index in [0.29, 0.717) is 0 Å². The first-order valence-electron chi connectivity index (χ1n) is 6.10. The van der Waals surface area contributed by atoms with Crippen molar-refractivity contribution in [3.05, 3.63) is 23.9 Å². The Morgan fingerprint density at radius 3 is 2.60 bits per heavy atom. The maximum atomic E-state index is 4.55. The van der Waals surface area contributed by atoms with Crippen LogP contribution in [-0.4, -0.2) is 18.1 Å². The summed E-state index contributed by atoms with van der Waals surface area (Å²) in [5, 5.41) is 0. The molecule has 0 saturated carbocycles. The molecule has 0 amide bonds. The number of aromatic nitrogens is 1. The van der Waals surface area contributed by atoms with Gasteiger partial charge in [-0.15, -0.1) is 0 Å². The lowest BCUT2D eigenvalue weighted by molar-refractivity contribution is 0.573. The SMILES string of the molecule is CCCc1ccc(N2CCCCC2)nc1. The van der Waals surface area contributed by atoms with Crippen molar-refractivity contribution in [3.8, 4) is 0 Å². The molecule has 1 aromatic heterocycles. The van der Waals surface area contributed by atoms with Crippen molar-refractivity contribution in [2.75, 3.05) is 18.0 Å². The quantitative estimate of drug-likeness (QED) is 0.752. The molecule has 0 spiro atoms. The van der Waals surface area contributed by atoms with Crippen LogP contribution in [0.25, 0.3) is 0 Å². The zero-order chi connectivity index (χ0) is 10.5. The molecule has 0 radical (unpaired) electrons. The Morgan fingerprint density at radius 1 is 1.20 bits per heavy atom. The number of piperidine rings is 1. The predicted octanol–water partition coefficient (Wildman–Crippen LogP) is 3.02. The molecule has 1 fully saturated rings. The average molecular weight is 204 g/mol. The summed E-state index contributed by atoms with van der Waals surface area (Å²) in [6.07, 6.45) is 8.40. The Labute approximate surface area is 92.3 Å². The molecule has 2 nitrogen and oxygen atoms in total. The maximum Gasteiger partial charge on any atom is 0.128 e. The van der Waals surface area contributed by atoms with E-state index in [1.807, 2.05) is 6.20 Å². The molecule has 82 valence electrons. The molecule has 1 aromatic rings. The Hall–Kier alpha value is -1.05. The van der Waals surface area contributed by atoms with Crippen LogP contribution in [-0.2, 0) is 6.42 Å². The van der Waals surface area contributed by atoms with Crippen LogP contribution >= 0.6 is 0 Å². The summed E-state index contributed by atoms with van der Waals surface area (Å²) < 4.78 is 0. The number of anilines is 1. The third-order valence-electron chi connectivity index (χ3n) is 3.03. The van der Waals surface area contributed by atoms with Crippen LogP contribution in [0, 0.1) is 0 Å². The molecule has 2 heterocycles. The lowest BCUT2D eigenvalue weighted by atomic mass is 10.1. The van der Waals surface area contributed by atoms with E-state index in [1.54, 1.807) is 0 Å². The number of rotatable bonds is 3. The number of aryl methyl sites for hydroxylation is 1. The number of hydrogen-bond donors (Lipinski definition) is 0. The normalized spacial score (nSPS) is 16.7. The molecule has 0 aromatic carbocycles. The fraction of sp³-hybridized carbons (Fsp3) is 0.615. The van der Waals surface area contributed by atoms with Crippen LogP contribution < -0.4 is 4.90 Å². The highest BCUT2D eigenvalue weighted by Crippen LogP contribution is 2.17. The van der Waals surface area contributed by atoms with Gasteiger partial charge in [-0.2, -0.15) is 0 Å². The Morgan fingerprint density at radius 2 is 2.00 bits per heavy atom. The van der Waals surface area contributed by atoms with Gasteiger partial charge in [0.15, 0.2) is 0 Å². The Kier molecular flexibility index (Phi) is 3.59. The molecule has 1 aliphatic heterocycles. The topological polar surface area (TPSA) is 16.1 Å². The third kappa shape index (κ3) is 2.71. The average Bonchev–Trinajstić information content (AvgIpc) is 2.32. The highest BCUT2D eigenvalue weighted by atomic mass is 15.2. The molecule has 1 aliphatic rings. The fourth-order valence-electron chi connectivity index (χ4n) is 2.16. The lowest BCUT2D eigenvalue weighted by Gasteiger charge is -2.27. The molecule has 0 unspecified atom stereocenters. The van der Waals surface area contributed by atoms with E-state index in [-0.39, 0.29) is 0 Å². The van der Waals surface area contributed by atoms with Crippen molar-refractivity contribution < 1.29 is 0 Å². The maximum absolute atomic E-state index is 4.55. The van der Waals surface area contributed by atoms with Gasteiger partial charge in [0.1, 0.15) is 5.82 Å². The number of hydrogen-bond acceptors (Lipinski definition) is 2. The van der Waals surface area contributed by atoms with Crippen LogP contribution in [0.2, 0.25) is 0 Å². The van der Waals surface area contributed by atoms with Crippen molar-refractivity contribution in [2.45, 2.75) is 39.0 Å². The van der Waals surface area contributed by atoms with Crippen LogP contribution in [0.5, 0.6) is 0 Å². The summed E-state index contributed by atoms with van der Waals surface area (Å²) in [5.74, 6) is 1.16. The van der Waals surface area contributed by atoms with Gasteiger partial charge in [0, 0.05) is 19.3 Å². The van der Waals surface area contributed by atoms with Crippen molar-refractivity contribution in [1.29, 1.82) is 0 Å². The van der Waals surface area contributed by atoms with Crippen molar-refractivity contribution in [2.24, 2.45) is 0 Å². The summed E-state index contributed by atoms with van der Waals surface area (Å²) in [7, 11) is 0. The van der Waals surface area contributed by atoms with E-state index in [0.717, 1.165) is 12.2 Å². The zero-order valence-corrected chi connectivity index (χ0v) is 9.58. The number of pyridine rings is 1. The molecule has 2 heteroatoms. The highest BCUT2D eigenvalue weighted by Gasteiger charge is 2.11. The first-order chi connectivity index (χ1) is 7.40. The molecule has 2 rings (SSSR count). The van der Waals surface area contributed by atoms with Crippen LogP contribution in [0.3, 0.4) is 0 Å². The van der Waals surface area contributed by atoms with Gasteiger partial charge < -0.3 is 4.90 Å². The first kappa shape index (κ1) is 10.5. The van der Waals surface area contributed by atoms with Gasteiger partial charge >= 0.3 is 0 Å². The van der Waals surface area contributed by atoms with Gasteiger partial charge in [-0.1, -0.05) is 19.4 Å². The zero-order valence-electron chi connectivity index (χ0n) is 9.58. The van der Waals surface area contributed by atoms with Crippen LogP contribution in [0.4, 0.5) is 5.82 Å². The summed E-state index contributed by atoms with van der Waals surface area (Å²) in [4.78, 5) is 6.95. The largest absolute Gasteiger partial charge is 0.357 e. The van der Waals surface area contributed by atoms with E-state index < -0.39 is 0 Å². The minimum atomic E-state index is 1.15. The second-order valence-corrected chi connectivity index (χ2v) is 4.32. The van der Waals surface area contributed by atoms with E-state index in [2.05, 4.69) is 28.9 Å². The van der Waals surface area contributed by atoms with Crippen molar-refractivity contribution in [3.63, 3.8) is 0 Å². The Bertz CT molecular complexity index is 286. The van der Waals surface area contributed by atoms with Crippen LogP contribution in [0.1, 0.15) is 38.2 Å². The number of nitrogens with zero attached hydrogens (tertiary/aromatic N) is 2. The van der Waals surface area contributed by atoms with E-state index >= 15 is 0 Å². The minimum Gasteiger partial charge on any atom is -0.357 e. The molecule has 0 aliphatic carbocycles. The molecule has 0 N–H and O–H groups in total.